The molecule has 0 saturated carbocycles. The minimum absolute atomic E-state index is 0.0232. The Bertz CT molecular complexity index is 419. The van der Waals surface area contributed by atoms with Gasteiger partial charge in [-0.05, 0) is 19.1 Å². The van der Waals surface area contributed by atoms with E-state index in [2.05, 4.69) is 9.72 Å². The van der Waals surface area contributed by atoms with Crippen LogP contribution in [0.3, 0.4) is 0 Å². The SMILES string of the molecule is CCOC(=O)Cc1ccc(N)c(C(F)(F)F)n1. The third kappa shape index (κ3) is 3.61. The molecule has 0 atom stereocenters. The number of carbonyl (C=O) groups excluding carboxylic acids is 1. The van der Waals surface area contributed by atoms with Crippen LogP contribution in [0.25, 0.3) is 0 Å². The van der Waals surface area contributed by atoms with E-state index >= 15 is 0 Å². The van der Waals surface area contributed by atoms with Crippen molar-refractivity contribution < 1.29 is 22.7 Å². The van der Waals surface area contributed by atoms with Gasteiger partial charge < -0.3 is 10.5 Å². The zero-order valence-corrected chi connectivity index (χ0v) is 9.04. The molecule has 7 heteroatoms. The van der Waals surface area contributed by atoms with Crippen molar-refractivity contribution >= 4 is 11.7 Å². The molecule has 0 aliphatic carbocycles. The number of hydrogen-bond donors (Lipinski definition) is 1. The van der Waals surface area contributed by atoms with Crippen LogP contribution >= 0.6 is 0 Å². The first-order valence-corrected chi connectivity index (χ1v) is 4.82. The number of carbonyl (C=O) groups is 1. The molecule has 0 aliphatic rings. The maximum absolute atomic E-state index is 12.5. The second-order valence-corrected chi connectivity index (χ2v) is 3.22. The van der Waals surface area contributed by atoms with Gasteiger partial charge in [-0.25, -0.2) is 4.98 Å². The van der Waals surface area contributed by atoms with Crippen molar-refractivity contribution in [2.75, 3.05) is 12.3 Å². The van der Waals surface area contributed by atoms with E-state index in [1.165, 1.54) is 6.07 Å². The van der Waals surface area contributed by atoms with Crippen molar-refractivity contribution in [3.8, 4) is 0 Å². The average Bonchev–Trinajstić information content (AvgIpc) is 2.19. The average molecular weight is 248 g/mol. The van der Waals surface area contributed by atoms with Crippen molar-refractivity contribution in [3.05, 3.63) is 23.5 Å². The standard InChI is InChI=1S/C10H11F3N2O2/c1-2-17-8(16)5-6-3-4-7(14)9(15-6)10(11,12)13/h3-4H,2,5,14H2,1H3. The molecule has 0 unspecified atom stereocenters. The molecule has 1 aromatic heterocycles. The summed E-state index contributed by atoms with van der Waals surface area (Å²) in [6, 6.07) is 2.34. The van der Waals surface area contributed by atoms with Crippen LogP contribution in [0.2, 0.25) is 0 Å². The molecule has 2 N–H and O–H groups in total. The largest absolute Gasteiger partial charge is 0.466 e. The number of anilines is 1. The van der Waals surface area contributed by atoms with Crippen LogP contribution in [-0.4, -0.2) is 17.6 Å². The summed E-state index contributed by atoms with van der Waals surface area (Å²) in [5, 5.41) is 0. The maximum atomic E-state index is 12.5. The number of rotatable bonds is 3. The van der Waals surface area contributed by atoms with E-state index in [4.69, 9.17) is 5.73 Å². The monoisotopic (exact) mass is 248 g/mol. The summed E-state index contributed by atoms with van der Waals surface area (Å²) in [6.07, 6.45) is -4.94. The molecule has 94 valence electrons. The predicted octanol–water partition coefficient (Wildman–Crippen LogP) is 1.79. The van der Waals surface area contributed by atoms with Crippen LogP contribution in [0.1, 0.15) is 18.3 Å². The first-order valence-electron chi connectivity index (χ1n) is 4.82. The molecule has 4 nitrogen and oxygen atoms in total. The van der Waals surface area contributed by atoms with Crippen molar-refractivity contribution in [1.82, 2.24) is 4.98 Å². The molecule has 0 fully saturated rings. The lowest BCUT2D eigenvalue weighted by Crippen LogP contribution is -2.15. The molecule has 1 aromatic rings. The topological polar surface area (TPSA) is 65.2 Å². The van der Waals surface area contributed by atoms with Gasteiger partial charge in [0.05, 0.1) is 24.4 Å². The van der Waals surface area contributed by atoms with Crippen LogP contribution in [0.5, 0.6) is 0 Å². The summed E-state index contributed by atoms with van der Waals surface area (Å²) in [6.45, 7) is 1.77. The molecule has 0 aliphatic heterocycles. The van der Waals surface area contributed by atoms with Crippen LogP contribution in [0, 0.1) is 0 Å². The smallest absolute Gasteiger partial charge is 0.435 e. The van der Waals surface area contributed by atoms with Crippen LogP contribution in [0.4, 0.5) is 18.9 Å². The molecule has 1 heterocycles. The fourth-order valence-corrected chi connectivity index (χ4v) is 1.20. The van der Waals surface area contributed by atoms with Gasteiger partial charge in [0.15, 0.2) is 5.69 Å². The van der Waals surface area contributed by atoms with Gasteiger partial charge in [0, 0.05) is 0 Å². The van der Waals surface area contributed by atoms with Crippen molar-refractivity contribution in [2.45, 2.75) is 19.5 Å². The van der Waals surface area contributed by atoms with E-state index in [0.29, 0.717) is 0 Å². The number of pyridine rings is 1. The van der Waals surface area contributed by atoms with Gasteiger partial charge in [-0.1, -0.05) is 0 Å². The molecule has 0 aromatic carbocycles. The zero-order valence-electron chi connectivity index (χ0n) is 9.04. The number of halogens is 3. The lowest BCUT2D eigenvalue weighted by molar-refractivity contribution is -0.143. The highest BCUT2D eigenvalue weighted by molar-refractivity contribution is 5.72. The zero-order chi connectivity index (χ0) is 13.1. The number of nitrogens with zero attached hydrogens (tertiary/aromatic N) is 1. The van der Waals surface area contributed by atoms with E-state index < -0.39 is 23.5 Å². The summed E-state index contributed by atoms with van der Waals surface area (Å²) >= 11 is 0. The number of hydrogen-bond acceptors (Lipinski definition) is 4. The Labute approximate surface area is 95.6 Å². The number of alkyl halides is 3. The van der Waals surface area contributed by atoms with E-state index in [9.17, 15) is 18.0 Å². The molecular formula is C10H11F3N2O2. The number of nitrogens with two attached hydrogens (primary N) is 1. The molecule has 0 spiro atoms. The second kappa shape index (κ2) is 5.03. The Morgan fingerprint density at radius 3 is 2.65 bits per heavy atom. The molecular weight excluding hydrogens is 237 g/mol. The lowest BCUT2D eigenvalue weighted by Gasteiger charge is -2.10. The highest BCUT2D eigenvalue weighted by Crippen LogP contribution is 2.31. The number of nitrogen functional groups attached to an aromatic ring is 1. The highest BCUT2D eigenvalue weighted by Gasteiger charge is 2.35. The quantitative estimate of drug-likeness (QED) is 0.828. The Morgan fingerprint density at radius 2 is 2.12 bits per heavy atom. The summed E-state index contributed by atoms with van der Waals surface area (Å²) in [5.41, 5.74) is 3.49. The van der Waals surface area contributed by atoms with Crippen LogP contribution in [-0.2, 0) is 22.1 Å². The summed E-state index contributed by atoms with van der Waals surface area (Å²) in [5.74, 6) is -0.627. The summed E-state index contributed by atoms with van der Waals surface area (Å²) < 4.78 is 42.0. The molecule has 0 saturated heterocycles. The molecule has 1 rings (SSSR count). The molecule has 0 amide bonds. The lowest BCUT2D eigenvalue weighted by atomic mass is 10.2. The van der Waals surface area contributed by atoms with E-state index in [-0.39, 0.29) is 18.7 Å². The molecule has 0 bridgehead atoms. The Hall–Kier alpha value is -1.79. The van der Waals surface area contributed by atoms with Gasteiger partial charge in [0.1, 0.15) is 0 Å². The van der Waals surface area contributed by atoms with Gasteiger partial charge in [0.2, 0.25) is 0 Å². The van der Waals surface area contributed by atoms with Gasteiger partial charge in [0.25, 0.3) is 0 Å². The van der Waals surface area contributed by atoms with Gasteiger partial charge in [-0.3, -0.25) is 4.79 Å². The van der Waals surface area contributed by atoms with Crippen molar-refractivity contribution in [3.63, 3.8) is 0 Å². The van der Waals surface area contributed by atoms with Crippen molar-refractivity contribution in [1.29, 1.82) is 0 Å². The first-order chi connectivity index (χ1) is 7.84. The summed E-state index contributed by atoms with van der Waals surface area (Å²) in [4.78, 5) is 14.4. The summed E-state index contributed by atoms with van der Waals surface area (Å²) in [7, 11) is 0. The maximum Gasteiger partial charge on any atom is 0.435 e. The normalized spacial score (nSPS) is 11.3. The first kappa shape index (κ1) is 13.3. The fourth-order valence-electron chi connectivity index (χ4n) is 1.20. The van der Waals surface area contributed by atoms with Gasteiger partial charge in [-0.2, -0.15) is 13.2 Å². The number of aromatic nitrogens is 1. The Balaban J connectivity index is 2.93. The van der Waals surface area contributed by atoms with E-state index in [0.717, 1.165) is 6.07 Å². The van der Waals surface area contributed by atoms with E-state index in [1.54, 1.807) is 6.92 Å². The van der Waals surface area contributed by atoms with Crippen LogP contribution < -0.4 is 5.73 Å². The minimum Gasteiger partial charge on any atom is -0.466 e. The third-order valence-corrected chi connectivity index (χ3v) is 1.88. The van der Waals surface area contributed by atoms with Crippen molar-refractivity contribution in [2.24, 2.45) is 0 Å². The predicted molar refractivity (Wildman–Crippen MR) is 54.0 cm³/mol. The van der Waals surface area contributed by atoms with Crippen LogP contribution in [0.15, 0.2) is 12.1 Å². The Kier molecular flexibility index (Phi) is 3.93. The third-order valence-electron chi connectivity index (χ3n) is 1.88. The fraction of sp³-hybridized carbons (Fsp3) is 0.400. The molecule has 17 heavy (non-hydrogen) atoms. The number of ether oxygens (including phenoxy) is 1. The highest BCUT2D eigenvalue weighted by atomic mass is 19.4. The molecule has 0 radical (unpaired) electrons. The van der Waals surface area contributed by atoms with E-state index in [1.807, 2.05) is 0 Å². The number of esters is 1. The van der Waals surface area contributed by atoms with Gasteiger partial charge >= 0.3 is 12.1 Å². The second-order valence-electron chi connectivity index (χ2n) is 3.22. The Morgan fingerprint density at radius 1 is 1.47 bits per heavy atom. The minimum atomic E-state index is -4.63. The van der Waals surface area contributed by atoms with Gasteiger partial charge in [-0.15, -0.1) is 0 Å².